The van der Waals surface area contributed by atoms with Gasteiger partial charge < -0.3 is 9.80 Å². The first kappa shape index (κ1) is 20.8. The highest BCUT2D eigenvalue weighted by Crippen LogP contribution is 2.30. The Balaban J connectivity index is 1.30. The Morgan fingerprint density at radius 3 is 2.47 bits per heavy atom. The van der Waals surface area contributed by atoms with Gasteiger partial charge >= 0.3 is 0 Å². The van der Waals surface area contributed by atoms with Crippen LogP contribution in [0.2, 0.25) is 5.02 Å². The molecule has 0 unspecified atom stereocenters. The summed E-state index contributed by atoms with van der Waals surface area (Å²) in [6.07, 6.45) is 1.48. The Hall–Kier alpha value is -2.44. The molecule has 30 heavy (non-hydrogen) atoms. The third-order valence-electron chi connectivity index (χ3n) is 5.48. The SMILES string of the molecule is CCc1ccc2nc(N3CCN(C(=O)CCC(=O)c4ccc(Cl)cc4)CC3)sc2c1. The molecule has 4 rings (SSSR count). The molecule has 1 saturated heterocycles. The Morgan fingerprint density at radius 1 is 1.03 bits per heavy atom. The van der Waals surface area contributed by atoms with E-state index in [0.29, 0.717) is 23.7 Å². The molecule has 0 saturated carbocycles. The maximum Gasteiger partial charge on any atom is 0.223 e. The highest BCUT2D eigenvalue weighted by Gasteiger charge is 2.23. The minimum absolute atomic E-state index is 0.0282. The molecule has 2 aromatic carbocycles. The lowest BCUT2D eigenvalue weighted by atomic mass is 10.1. The minimum atomic E-state index is -0.0282. The average Bonchev–Trinajstić information content (AvgIpc) is 3.21. The number of nitrogens with zero attached hydrogens (tertiary/aromatic N) is 3. The molecule has 0 aliphatic carbocycles. The van der Waals surface area contributed by atoms with Crippen LogP contribution in [0.5, 0.6) is 0 Å². The number of rotatable bonds is 6. The molecule has 1 amide bonds. The van der Waals surface area contributed by atoms with Crippen molar-refractivity contribution < 1.29 is 9.59 Å². The van der Waals surface area contributed by atoms with Gasteiger partial charge in [-0.25, -0.2) is 4.98 Å². The summed E-state index contributed by atoms with van der Waals surface area (Å²) in [6.45, 7) is 4.99. The number of piperazine rings is 1. The number of Topliss-reactive ketones (excluding diaryl/α,β-unsaturated/α-hetero) is 1. The van der Waals surface area contributed by atoms with Gasteiger partial charge in [-0.05, 0) is 48.4 Å². The molecule has 7 heteroatoms. The monoisotopic (exact) mass is 441 g/mol. The first-order valence-corrected chi connectivity index (χ1v) is 11.4. The molecule has 1 aliphatic heterocycles. The molecule has 2 heterocycles. The number of ketones is 1. The molecule has 5 nitrogen and oxygen atoms in total. The van der Waals surface area contributed by atoms with Gasteiger partial charge in [-0.2, -0.15) is 0 Å². The lowest BCUT2D eigenvalue weighted by Gasteiger charge is -2.34. The Bertz CT molecular complexity index is 1060. The summed E-state index contributed by atoms with van der Waals surface area (Å²) in [5.74, 6) is 0.00780. The summed E-state index contributed by atoms with van der Waals surface area (Å²) in [5, 5.41) is 1.61. The molecule has 0 bridgehead atoms. The fourth-order valence-corrected chi connectivity index (χ4v) is 4.82. The number of carbonyl (C=O) groups is 2. The van der Waals surface area contributed by atoms with Gasteiger partial charge in [0.2, 0.25) is 5.91 Å². The van der Waals surface area contributed by atoms with E-state index >= 15 is 0 Å². The zero-order chi connectivity index (χ0) is 21.1. The lowest BCUT2D eigenvalue weighted by Crippen LogP contribution is -2.48. The topological polar surface area (TPSA) is 53.5 Å². The van der Waals surface area contributed by atoms with E-state index in [4.69, 9.17) is 16.6 Å². The number of aryl methyl sites for hydroxylation is 1. The number of halogens is 1. The number of hydrogen-bond donors (Lipinski definition) is 0. The van der Waals surface area contributed by atoms with Crippen LogP contribution in [0.3, 0.4) is 0 Å². The van der Waals surface area contributed by atoms with E-state index < -0.39 is 0 Å². The summed E-state index contributed by atoms with van der Waals surface area (Å²) in [4.78, 5) is 33.7. The van der Waals surface area contributed by atoms with E-state index in [0.717, 1.165) is 30.2 Å². The molecule has 0 atom stereocenters. The van der Waals surface area contributed by atoms with Crippen molar-refractivity contribution in [2.75, 3.05) is 31.1 Å². The number of aromatic nitrogens is 1. The normalized spacial score (nSPS) is 14.3. The van der Waals surface area contributed by atoms with E-state index in [1.807, 2.05) is 4.90 Å². The minimum Gasteiger partial charge on any atom is -0.345 e. The van der Waals surface area contributed by atoms with Crippen molar-refractivity contribution in [2.24, 2.45) is 0 Å². The van der Waals surface area contributed by atoms with E-state index in [-0.39, 0.29) is 24.5 Å². The number of fused-ring (bicyclic) bond motifs is 1. The Morgan fingerprint density at radius 2 is 1.77 bits per heavy atom. The van der Waals surface area contributed by atoms with Crippen LogP contribution in [0.4, 0.5) is 5.13 Å². The van der Waals surface area contributed by atoms with Crippen LogP contribution in [0.25, 0.3) is 10.2 Å². The summed E-state index contributed by atoms with van der Waals surface area (Å²) < 4.78 is 1.21. The first-order chi connectivity index (χ1) is 14.5. The second kappa shape index (κ2) is 9.14. The van der Waals surface area contributed by atoms with Crippen molar-refractivity contribution in [3.8, 4) is 0 Å². The standard InChI is InChI=1S/C23H24ClN3O2S/c1-2-16-3-8-19-21(15-16)30-23(25-19)27-13-11-26(12-14-27)22(29)10-9-20(28)17-4-6-18(24)7-5-17/h3-8,15H,2,9-14H2,1H3. The zero-order valence-corrected chi connectivity index (χ0v) is 18.5. The maximum absolute atomic E-state index is 12.6. The van der Waals surface area contributed by atoms with Gasteiger partial charge in [-0.1, -0.05) is 35.9 Å². The van der Waals surface area contributed by atoms with Crippen molar-refractivity contribution in [3.63, 3.8) is 0 Å². The second-order valence-electron chi connectivity index (χ2n) is 7.45. The molecule has 1 fully saturated rings. The van der Waals surface area contributed by atoms with Crippen LogP contribution in [0.15, 0.2) is 42.5 Å². The smallest absolute Gasteiger partial charge is 0.223 e. The molecule has 156 valence electrons. The third kappa shape index (κ3) is 4.65. The highest BCUT2D eigenvalue weighted by molar-refractivity contribution is 7.22. The third-order valence-corrected chi connectivity index (χ3v) is 6.82. The Kier molecular flexibility index (Phi) is 6.35. The maximum atomic E-state index is 12.6. The first-order valence-electron chi connectivity index (χ1n) is 10.2. The van der Waals surface area contributed by atoms with E-state index in [9.17, 15) is 9.59 Å². The second-order valence-corrected chi connectivity index (χ2v) is 8.90. The molecular formula is C23H24ClN3O2S. The Labute approximate surface area is 185 Å². The zero-order valence-electron chi connectivity index (χ0n) is 16.9. The number of hydrogen-bond acceptors (Lipinski definition) is 5. The van der Waals surface area contributed by atoms with Crippen LogP contribution in [0.1, 0.15) is 35.7 Å². The van der Waals surface area contributed by atoms with Gasteiger partial charge in [0, 0.05) is 49.6 Å². The van der Waals surface area contributed by atoms with Crippen molar-refractivity contribution >= 4 is 50.0 Å². The quantitative estimate of drug-likeness (QED) is 0.514. The number of amides is 1. The molecule has 0 N–H and O–H groups in total. The van der Waals surface area contributed by atoms with E-state index in [1.165, 1.54) is 10.3 Å². The van der Waals surface area contributed by atoms with Gasteiger partial charge in [0.25, 0.3) is 0 Å². The van der Waals surface area contributed by atoms with Crippen LogP contribution in [-0.4, -0.2) is 47.8 Å². The number of anilines is 1. The van der Waals surface area contributed by atoms with Crippen molar-refractivity contribution in [1.82, 2.24) is 9.88 Å². The van der Waals surface area contributed by atoms with Crippen LogP contribution in [-0.2, 0) is 11.2 Å². The van der Waals surface area contributed by atoms with Crippen molar-refractivity contribution in [2.45, 2.75) is 26.2 Å². The molecular weight excluding hydrogens is 418 g/mol. The van der Waals surface area contributed by atoms with E-state index in [2.05, 4.69) is 30.0 Å². The largest absolute Gasteiger partial charge is 0.345 e. The average molecular weight is 442 g/mol. The fraction of sp³-hybridized carbons (Fsp3) is 0.348. The number of carbonyl (C=O) groups excluding carboxylic acids is 2. The van der Waals surface area contributed by atoms with E-state index in [1.54, 1.807) is 35.6 Å². The van der Waals surface area contributed by atoms with Crippen molar-refractivity contribution in [3.05, 3.63) is 58.6 Å². The summed E-state index contributed by atoms with van der Waals surface area (Å²) >= 11 is 7.57. The van der Waals surface area contributed by atoms with Crippen LogP contribution in [0, 0.1) is 0 Å². The summed E-state index contributed by atoms with van der Waals surface area (Å²) in [7, 11) is 0. The van der Waals surface area contributed by atoms with Crippen LogP contribution < -0.4 is 4.90 Å². The summed E-state index contributed by atoms with van der Waals surface area (Å²) in [5.41, 5.74) is 2.95. The number of benzene rings is 2. The van der Waals surface area contributed by atoms with Gasteiger partial charge in [-0.3, -0.25) is 9.59 Å². The summed E-state index contributed by atoms with van der Waals surface area (Å²) in [6, 6.07) is 13.2. The van der Waals surface area contributed by atoms with Crippen molar-refractivity contribution in [1.29, 1.82) is 0 Å². The fourth-order valence-electron chi connectivity index (χ4n) is 3.62. The predicted molar refractivity (Wildman–Crippen MR) is 123 cm³/mol. The van der Waals surface area contributed by atoms with Gasteiger partial charge in [0.15, 0.2) is 10.9 Å². The lowest BCUT2D eigenvalue weighted by molar-refractivity contribution is -0.131. The molecule has 3 aromatic rings. The number of thiazole rings is 1. The molecule has 0 spiro atoms. The molecule has 1 aromatic heterocycles. The van der Waals surface area contributed by atoms with Crippen LogP contribution >= 0.6 is 22.9 Å². The van der Waals surface area contributed by atoms with Gasteiger partial charge in [0.05, 0.1) is 10.2 Å². The van der Waals surface area contributed by atoms with Gasteiger partial charge in [-0.15, -0.1) is 0 Å². The molecule has 1 aliphatic rings. The molecule has 0 radical (unpaired) electrons. The van der Waals surface area contributed by atoms with Gasteiger partial charge in [0.1, 0.15) is 0 Å². The predicted octanol–water partition coefficient (Wildman–Crippen LogP) is 4.82. The highest BCUT2D eigenvalue weighted by atomic mass is 35.5.